The van der Waals surface area contributed by atoms with Crippen molar-refractivity contribution in [3.05, 3.63) is 42.4 Å². The summed E-state index contributed by atoms with van der Waals surface area (Å²) < 4.78 is 0. The Balaban J connectivity index is 0.00000392. The minimum Gasteiger partial charge on any atom is -0.357 e. The molecule has 3 N–H and O–H groups in total. The summed E-state index contributed by atoms with van der Waals surface area (Å²) in [5, 5.41) is 6.73. The highest BCUT2D eigenvalue weighted by molar-refractivity contribution is 14.0. The third-order valence-corrected chi connectivity index (χ3v) is 4.43. The summed E-state index contributed by atoms with van der Waals surface area (Å²) >= 11 is 0. The van der Waals surface area contributed by atoms with Gasteiger partial charge in [0, 0.05) is 31.7 Å². The van der Waals surface area contributed by atoms with Gasteiger partial charge in [-0.05, 0) is 40.2 Å². The van der Waals surface area contributed by atoms with Crippen LogP contribution in [0.25, 0.3) is 11.3 Å². The van der Waals surface area contributed by atoms with Crippen LogP contribution in [-0.4, -0.2) is 52.5 Å². The predicted octanol–water partition coefficient (Wildman–Crippen LogP) is 3.87. The summed E-state index contributed by atoms with van der Waals surface area (Å²) in [7, 11) is 0. The molecule has 0 aliphatic carbocycles. The van der Waals surface area contributed by atoms with Gasteiger partial charge in [0.1, 0.15) is 12.4 Å². The molecule has 0 amide bonds. The standard InChI is InChI=1S/C21H34N6.HI/c1-6-22-21(23-12-13-27(16(2)3)17(4)5)25-15-20-24-14-19(26-20)18-10-8-7-9-11-18;/h7-11,14,16-17H,6,12-13,15H2,1-5H3,(H,24,26)(H2,22,23,25);1H. The van der Waals surface area contributed by atoms with E-state index in [-0.39, 0.29) is 24.0 Å². The fraction of sp³-hybridized carbons (Fsp3) is 0.524. The van der Waals surface area contributed by atoms with E-state index < -0.39 is 0 Å². The molecule has 0 spiro atoms. The Hall–Kier alpha value is -1.61. The fourth-order valence-electron chi connectivity index (χ4n) is 3.12. The lowest BCUT2D eigenvalue weighted by molar-refractivity contribution is 0.178. The summed E-state index contributed by atoms with van der Waals surface area (Å²) in [4.78, 5) is 14.9. The Morgan fingerprint density at radius 2 is 1.79 bits per heavy atom. The second kappa shape index (κ2) is 12.8. The maximum absolute atomic E-state index is 4.66. The number of imidazole rings is 1. The number of halogens is 1. The molecule has 1 aromatic carbocycles. The van der Waals surface area contributed by atoms with E-state index in [2.05, 4.69) is 77.2 Å². The molecule has 2 aromatic rings. The second-order valence-electron chi connectivity index (χ2n) is 7.16. The summed E-state index contributed by atoms with van der Waals surface area (Å²) in [5.74, 6) is 1.68. The molecular formula is C21H35IN6. The summed E-state index contributed by atoms with van der Waals surface area (Å²) in [5.41, 5.74) is 2.15. The summed E-state index contributed by atoms with van der Waals surface area (Å²) in [6.45, 7) is 14.2. The molecule has 0 saturated carbocycles. The highest BCUT2D eigenvalue weighted by atomic mass is 127. The minimum absolute atomic E-state index is 0. The fourth-order valence-corrected chi connectivity index (χ4v) is 3.12. The van der Waals surface area contributed by atoms with Gasteiger partial charge in [-0.2, -0.15) is 0 Å². The van der Waals surface area contributed by atoms with Crippen LogP contribution in [0.3, 0.4) is 0 Å². The smallest absolute Gasteiger partial charge is 0.191 e. The van der Waals surface area contributed by atoms with Crippen molar-refractivity contribution < 1.29 is 0 Å². The van der Waals surface area contributed by atoms with Crippen molar-refractivity contribution >= 4 is 29.9 Å². The molecule has 28 heavy (non-hydrogen) atoms. The molecule has 2 rings (SSSR count). The predicted molar refractivity (Wildman–Crippen MR) is 129 cm³/mol. The number of guanidine groups is 1. The summed E-state index contributed by atoms with van der Waals surface area (Å²) in [6.07, 6.45) is 1.86. The number of nitrogens with one attached hydrogen (secondary N) is 3. The van der Waals surface area contributed by atoms with Gasteiger partial charge in [-0.15, -0.1) is 24.0 Å². The number of aromatic nitrogens is 2. The van der Waals surface area contributed by atoms with E-state index in [9.17, 15) is 0 Å². The van der Waals surface area contributed by atoms with E-state index in [0.717, 1.165) is 42.7 Å². The Kier molecular flexibility index (Phi) is 11.1. The largest absolute Gasteiger partial charge is 0.357 e. The molecule has 0 unspecified atom stereocenters. The van der Waals surface area contributed by atoms with E-state index in [1.54, 1.807) is 0 Å². The monoisotopic (exact) mass is 498 g/mol. The normalized spacial score (nSPS) is 11.8. The first kappa shape index (κ1) is 24.4. The van der Waals surface area contributed by atoms with Gasteiger partial charge in [-0.1, -0.05) is 30.3 Å². The zero-order chi connectivity index (χ0) is 19.6. The van der Waals surface area contributed by atoms with Crippen molar-refractivity contribution in [2.24, 2.45) is 4.99 Å². The Morgan fingerprint density at radius 3 is 2.39 bits per heavy atom. The van der Waals surface area contributed by atoms with Gasteiger partial charge in [0.15, 0.2) is 5.96 Å². The molecular weight excluding hydrogens is 463 g/mol. The SMILES string of the molecule is CCNC(=NCc1ncc(-c2ccccc2)[nH]1)NCCN(C(C)C)C(C)C.I. The van der Waals surface area contributed by atoms with Gasteiger partial charge in [-0.25, -0.2) is 9.98 Å². The van der Waals surface area contributed by atoms with Crippen molar-refractivity contribution in [2.45, 2.75) is 53.2 Å². The van der Waals surface area contributed by atoms with Crippen molar-refractivity contribution in [1.29, 1.82) is 0 Å². The number of nitrogens with zero attached hydrogens (tertiary/aromatic N) is 3. The van der Waals surface area contributed by atoms with Crippen LogP contribution in [0.2, 0.25) is 0 Å². The van der Waals surface area contributed by atoms with Crippen LogP contribution in [0.5, 0.6) is 0 Å². The van der Waals surface area contributed by atoms with E-state index in [4.69, 9.17) is 0 Å². The third-order valence-electron chi connectivity index (χ3n) is 4.43. The number of hydrogen-bond acceptors (Lipinski definition) is 3. The average molecular weight is 498 g/mol. The first-order chi connectivity index (χ1) is 13.0. The second-order valence-corrected chi connectivity index (χ2v) is 7.16. The number of aromatic amines is 1. The zero-order valence-corrected chi connectivity index (χ0v) is 20.0. The molecule has 7 heteroatoms. The number of rotatable bonds is 9. The third kappa shape index (κ3) is 7.79. The molecule has 0 aliphatic heterocycles. The van der Waals surface area contributed by atoms with Crippen molar-refractivity contribution in [3.8, 4) is 11.3 Å². The van der Waals surface area contributed by atoms with Crippen LogP contribution in [0, 0.1) is 0 Å². The van der Waals surface area contributed by atoms with Gasteiger partial charge in [0.2, 0.25) is 0 Å². The number of hydrogen-bond donors (Lipinski definition) is 3. The van der Waals surface area contributed by atoms with Crippen LogP contribution in [0.4, 0.5) is 0 Å². The molecule has 1 aromatic heterocycles. The van der Waals surface area contributed by atoms with E-state index >= 15 is 0 Å². The molecule has 0 saturated heterocycles. The molecule has 1 heterocycles. The lowest BCUT2D eigenvalue weighted by Crippen LogP contribution is -2.45. The van der Waals surface area contributed by atoms with Gasteiger partial charge in [0.05, 0.1) is 11.9 Å². The summed E-state index contributed by atoms with van der Waals surface area (Å²) in [6, 6.07) is 11.3. The molecule has 0 bridgehead atoms. The molecule has 0 radical (unpaired) electrons. The molecule has 156 valence electrons. The molecule has 6 nitrogen and oxygen atoms in total. The Bertz CT molecular complexity index is 688. The maximum Gasteiger partial charge on any atom is 0.191 e. The van der Waals surface area contributed by atoms with Crippen molar-refractivity contribution in [3.63, 3.8) is 0 Å². The van der Waals surface area contributed by atoms with E-state index in [1.807, 2.05) is 24.4 Å². The van der Waals surface area contributed by atoms with Gasteiger partial charge >= 0.3 is 0 Å². The minimum atomic E-state index is 0. The number of benzene rings is 1. The van der Waals surface area contributed by atoms with Crippen LogP contribution >= 0.6 is 24.0 Å². The molecule has 0 atom stereocenters. The van der Waals surface area contributed by atoms with Crippen molar-refractivity contribution in [2.75, 3.05) is 19.6 Å². The lowest BCUT2D eigenvalue weighted by Gasteiger charge is -2.30. The van der Waals surface area contributed by atoms with E-state index in [0.29, 0.717) is 18.6 Å². The molecule has 0 aliphatic rings. The molecule has 0 fully saturated rings. The van der Waals surface area contributed by atoms with Crippen LogP contribution in [0.15, 0.2) is 41.5 Å². The Morgan fingerprint density at radius 1 is 1.11 bits per heavy atom. The van der Waals surface area contributed by atoms with Gasteiger partial charge in [-0.3, -0.25) is 4.90 Å². The van der Waals surface area contributed by atoms with Crippen molar-refractivity contribution in [1.82, 2.24) is 25.5 Å². The maximum atomic E-state index is 4.66. The first-order valence-electron chi connectivity index (χ1n) is 9.88. The van der Waals surface area contributed by atoms with Gasteiger partial charge < -0.3 is 15.6 Å². The highest BCUT2D eigenvalue weighted by Gasteiger charge is 2.12. The first-order valence-corrected chi connectivity index (χ1v) is 9.88. The number of H-pyrrole nitrogens is 1. The zero-order valence-electron chi connectivity index (χ0n) is 17.7. The average Bonchev–Trinajstić information content (AvgIpc) is 3.12. The highest BCUT2D eigenvalue weighted by Crippen LogP contribution is 2.16. The Labute approximate surface area is 186 Å². The van der Waals surface area contributed by atoms with Crippen LogP contribution in [-0.2, 0) is 6.54 Å². The topological polar surface area (TPSA) is 68.3 Å². The van der Waals surface area contributed by atoms with E-state index in [1.165, 1.54) is 0 Å². The van der Waals surface area contributed by atoms with Crippen LogP contribution in [0.1, 0.15) is 40.4 Å². The number of aliphatic imine (C=N–C) groups is 1. The van der Waals surface area contributed by atoms with Crippen LogP contribution < -0.4 is 10.6 Å². The quantitative estimate of drug-likeness (QED) is 0.279. The van der Waals surface area contributed by atoms with Gasteiger partial charge in [0.25, 0.3) is 0 Å². The lowest BCUT2D eigenvalue weighted by atomic mass is 10.2.